The predicted molar refractivity (Wildman–Crippen MR) is 85.7 cm³/mol. The second-order valence-electron chi connectivity index (χ2n) is 5.52. The van der Waals surface area contributed by atoms with Crippen molar-refractivity contribution in [1.82, 2.24) is 15.4 Å². The Kier molecular flexibility index (Phi) is 5.64. The lowest BCUT2D eigenvalue weighted by atomic mass is 10.1. The molecule has 0 aliphatic heterocycles. The summed E-state index contributed by atoms with van der Waals surface area (Å²) in [7, 11) is 3.66. The van der Waals surface area contributed by atoms with Crippen molar-refractivity contribution < 1.29 is 18.5 Å². The Balaban J connectivity index is 1.94. The number of aryl methyl sites for hydroxylation is 1. The van der Waals surface area contributed by atoms with Crippen LogP contribution in [0.3, 0.4) is 0 Å². The minimum absolute atomic E-state index is 0.176. The number of halogens is 1. The van der Waals surface area contributed by atoms with Gasteiger partial charge in [0.2, 0.25) is 0 Å². The minimum Gasteiger partial charge on any atom is -0.360 e. The van der Waals surface area contributed by atoms with Crippen molar-refractivity contribution in [2.75, 3.05) is 26.0 Å². The van der Waals surface area contributed by atoms with E-state index in [2.05, 4.69) is 15.8 Å². The number of hydrogen-bond acceptors (Lipinski definition) is 5. The molecule has 2 N–H and O–H groups in total. The van der Waals surface area contributed by atoms with E-state index in [-0.39, 0.29) is 24.2 Å². The molecule has 2 aromatic rings. The summed E-state index contributed by atoms with van der Waals surface area (Å²) in [5.41, 5.74) is 0.828. The van der Waals surface area contributed by atoms with Gasteiger partial charge < -0.3 is 14.7 Å². The van der Waals surface area contributed by atoms with Crippen LogP contribution < -0.4 is 10.6 Å². The van der Waals surface area contributed by atoms with E-state index in [1.165, 1.54) is 18.2 Å². The molecule has 1 atom stereocenters. The first kappa shape index (κ1) is 17.6. The number of rotatable bonds is 5. The van der Waals surface area contributed by atoms with Gasteiger partial charge in [0.25, 0.3) is 0 Å². The van der Waals surface area contributed by atoms with E-state index in [1.807, 2.05) is 19.0 Å². The van der Waals surface area contributed by atoms with Crippen LogP contribution in [0.5, 0.6) is 0 Å². The number of amides is 2. The Bertz CT molecular complexity index is 712. The van der Waals surface area contributed by atoms with E-state index in [9.17, 15) is 14.0 Å². The summed E-state index contributed by atoms with van der Waals surface area (Å²) in [5.74, 6) is -1.25. The molecular weight excluding hydrogens is 315 g/mol. The van der Waals surface area contributed by atoms with Gasteiger partial charge in [-0.05, 0) is 38.7 Å². The minimum atomic E-state index is -0.833. The number of nitrogens with zero attached hydrogens (tertiary/aromatic N) is 2. The first-order chi connectivity index (χ1) is 11.4. The summed E-state index contributed by atoms with van der Waals surface area (Å²) in [6.07, 6.45) is 0. The third kappa shape index (κ3) is 4.63. The van der Waals surface area contributed by atoms with E-state index < -0.39 is 11.8 Å². The average molecular weight is 334 g/mol. The third-order valence-electron chi connectivity index (χ3n) is 3.41. The van der Waals surface area contributed by atoms with Crippen LogP contribution in [0.25, 0.3) is 0 Å². The maximum atomic E-state index is 13.0. The van der Waals surface area contributed by atoms with Crippen LogP contribution >= 0.6 is 0 Å². The molecule has 0 saturated heterocycles. The summed E-state index contributed by atoms with van der Waals surface area (Å²) in [6, 6.07) is 7.30. The molecule has 1 aromatic carbocycles. The van der Waals surface area contributed by atoms with Crippen molar-refractivity contribution in [3.8, 4) is 0 Å². The van der Waals surface area contributed by atoms with Gasteiger partial charge >= 0.3 is 11.8 Å². The number of carbonyl (C=O) groups excluding carboxylic acids is 2. The molecule has 128 valence electrons. The van der Waals surface area contributed by atoms with Gasteiger partial charge in [-0.3, -0.25) is 14.9 Å². The highest BCUT2D eigenvalue weighted by molar-refractivity contribution is 6.39. The van der Waals surface area contributed by atoms with Gasteiger partial charge in [0, 0.05) is 12.6 Å². The third-order valence-corrected chi connectivity index (χ3v) is 3.41. The van der Waals surface area contributed by atoms with Gasteiger partial charge in [-0.2, -0.15) is 0 Å². The highest BCUT2D eigenvalue weighted by Gasteiger charge is 2.19. The van der Waals surface area contributed by atoms with Gasteiger partial charge in [0.05, 0.1) is 6.04 Å². The Labute approximate surface area is 138 Å². The zero-order chi connectivity index (χ0) is 17.7. The van der Waals surface area contributed by atoms with E-state index in [1.54, 1.807) is 19.1 Å². The van der Waals surface area contributed by atoms with Crippen LogP contribution in [0.2, 0.25) is 0 Å². The Morgan fingerprint density at radius 1 is 1.25 bits per heavy atom. The van der Waals surface area contributed by atoms with Crippen LogP contribution in [0.4, 0.5) is 10.2 Å². The normalized spacial score (nSPS) is 12.0. The summed E-state index contributed by atoms with van der Waals surface area (Å²) < 4.78 is 17.8. The lowest BCUT2D eigenvalue weighted by Gasteiger charge is -2.25. The molecule has 0 fully saturated rings. The number of nitrogens with one attached hydrogen (secondary N) is 2. The van der Waals surface area contributed by atoms with Gasteiger partial charge in [0.15, 0.2) is 5.82 Å². The molecule has 0 aliphatic carbocycles. The molecule has 24 heavy (non-hydrogen) atoms. The maximum absolute atomic E-state index is 13.0. The molecule has 1 unspecified atom stereocenters. The standard InChI is InChI=1S/C16H19FN4O3/c1-10-8-14(20-24-10)19-16(23)15(22)18-9-13(21(2)3)11-4-6-12(17)7-5-11/h4-8,13H,9H2,1-3H3,(H,18,22)(H,19,20,23). The molecule has 0 bridgehead atoms. The fourth-order valence-electron chi connectivity index (χ4n) is 2.15. The quantitative estimate of drug-likeness (QED) is 0.809. The lowest BCUT2D eigenvalue weighted by Crippen LogP contribution is -2.40. The van der Waals surface area contributed by atoms with Crippen molar-refractivity contribution in [1.29, 1.82) is 0 Å². The number of aromatic nitrogens is 1. The fourth-order valence-corrected chi connectivity index (χ4v) is 2.15. The van der Waals surface area contributed by atoms with E-state index in [0.717, 1.165) is 5.56 Å². The van der Waals surface area contributed by atoms with Gasteiger partial charge in [-0.15, -0.1) is 0 Å². The average Bonchev–Trinajstić information content (AvgIpc) is 2.93. The summed E-state index contributed by atoms with van der Waals surface area (Å²) >= 11 is 0. The summed E-state index contributed by atoms with van der Waals surface area (Å²) in [6.45, 7) is 1.87. The zero-order valence-electron chi connectivity index (χ0n) is 13.7. The first-order valence-electron chi connectivity index (χ1n) is 7.31. The van der Waals surface area contributed by atoms with Gasteiger partial charge in [0.1, 0.15) is 11.6 Å². The Morgan fingerprint density at radius 2 is 1.92 bits per heavy atom. The molecule has 8 heteroatoms. The highest BCUT2D eigenvalue weighted by atomic mass is 19.1. The van der Waals surface area contributed by atoms with E-state index >= 15 is 0 Å². The van der Waals surface area contributed by atoms with Crippen LogP contribution in [0.15, 0.2) is 34.9 Å². The molecule has 2 amide bonds. The second kappa shape index (κ2) is 7.69. The fraction of sp³-hybridized carbons (Fsp3) is 0.312. The number of hydrogen-bond donors (Lipinski definition) is 2. The number of carbonyl (C=O) groups is 2. The molecule has 7 nitrogen and oxygen atoms in total. The highest BCUT2D eigenvalue weighted by Crippen LogP contribution is 2.17. The van der Waals surface area contributed by atoms with Gasteiger partial charge in [-0.25, -0.2) is 4.39 Å². The molecule has 0 spiro atoms. The summed E-state index contributed by atoms with van der Waals surface area (Å²) in [5, 5.41) is 8.49. The van der Waals surface area contributed by atoms with Crippen LogP contribution in [0, 0.1) is 12.7 Å². The van der Waals surface area contributed by atoms with Gasteiger partial charge in [-0.1, -0.05) is 17.3 Å². The van der Waals surface area contributed by atoms with E-state index in [4.69, 9.17) is 4.52 Å². The smallest absolute Gasteiger partial charge is 0.314 e. The molecule has 0 aliphatic rings. The SMILES string of the molecule is Cc1cc(NC(=O)C(=O)NCC(c2ccc(F)cc2)N(C)C)no1. The molecule has 0 radical (unpaired) electrons. The molecule has 1 heterocycles. The van der Waals surface area contributed by atoms with Crippen LogP contribution in [-0.2, 0) is 9.59 Å². The predicted octanol–water partition coefficient (Wildman–Crippen LogP) is 1.48. The summed E-state index contributed by atoms with van der Waals surface area (Å²) in [4.78, 5) is 25.6. The second-order valence-corrected chi connectivity index (χ2v) is 5.52. The van der Waals surface area contributed by atoms with Crippen molar-refractivity contribution in [2.24, 2.45) is 0 Å². The van der Waals surface area contributed by atoms with Crippen molar-refractivity contribution in [3.63, 3.8) is 0 Å². The van der Waals surface area contributed by atoms with Crippen molar-refractivity contribution in [3.05, 3.63) is 47.5 Å². The first-order valence-corrected chi connectivity index (χ1v) is 7.31. The van der Waals surface area contributed by atoms with E-state index in [0.29, 0.717) is 5.76 Å². The lowest BCUT2D eigenvalue weighted by molar-refractivity contribution is -0.136. The van der Waals surface area contributed by atoms with Crippen molar-refractivity contribution in [2.45, 2.75) is 13.0 Å². The largest absolute Gasteiger partial charge is 0.360 e. The molecule has 1 aromatic heterocycles. The maximum Gasteiger partial charge on any atom is 0.314 e. The molecule has 2 rings (SSSR count). The van der Waals surface area contributed by atoms with Crippen LogP contribution in [-0.4, -0.2) is 42.5 Å². The van der Waals surface area contributed by atoms with Crippen LogP contribution in [0.1, 0.15) is 17.4 Å². The van der Waals surface area contributed by atoms with Crippen molar-refractivity contribution >= 4 is 17.6 Å². The molecule has 0 saturated carbocycles. The topological polar surface area (TPSA) is 87.5 Å². The Hall–Kier alpha value is -2.74. The number of anilines is 1. The number of likely N-dealkylation sites (N-methyl/N-ethyl adjacent to an activating group) is 1. The number of benzene rings is 1. The Morgan fingerprint density at radius 3 is 2.46 bits per heavy atom. The zero-order valence-corrected chi connectivity index (χ0v) is 13.7. The molecular formula is C16H19FN4O3. The monoisotopic (exact) mass is 334 g/mol.